The highest BCUT2D eigenvalue weighted by Crippen LogP contribution is 2.16. The van der Waals surface area contributed by atoms with E-state index in [2.05, 4.69) is 28.7 Å². The summed E-state index contributed by atoms with van der Waals surface area (Å²) < 4.78 is 12.8. The fourth-order valence-corrected chi connectivity index (χ4v) is 2.34. The predicted octanol–water partition coefficient (Wildman–Crippen LogP) is 3.52. The molecule has 4 heteroatoms. The monoisotopic (exact) mass is 250 g/mol. The zero-order valence-electron chi connectivity index (χ0n) is 9.69. The number of rotatable bonds is 5. The molecule has 0 fully saturated rings. The Kier molecular flexibility index (Phi) is 4.23. The van der Waals surface area contributed by atoms with Crippen LogP contribution in [0.5, 0.6) is 0 Å². The molecule has 90 valence electrons. The van der Waals surface area contributed by atoms with Gasteiger partial charge in [-0.2, -0.15) is 0 Å². The summed E-state index contributed by atoms with van der Waals surface area (Å²) in [5.74, 6) is -0.290. The van der Waals surface area contributed by atoms with Crippen molar-refractivity contribution in [2.24, 2.45) is 0 Å². The van der Waals surface area contributed by atoms with Gasteiger partial charge in [0.1, 0.15) is 5.82 Å². The maximum atomic E-state index is 12.8. The molecule has 0 aliphatic carbocycles. The van der Waals surface area contributed by atoms with E-state index in [0.717, 1.165) is 18.7 Å². The Bertz CT molecular complexity index is 439. The highest BCUT2D eigenvalue weighted by Gasteiger charge is 2.10. The van der Waals surface area contributed by atoms with Crippen LogP contribution in [-0.4, -0.2) is 4.98 Å². The first-order valence-corrected chi connectivity index (χ1v) is 6.54. The molecule has 0 aromatic carbocycles. The summed E-state index contributed by atoms with van der Waals surface area (Å²) in [6.07, 6.45) is 2.20. The smallest absolute Gasteiger partial charge is 0.141 e. The Hall–Kier alpha value is -1.26. The number of nitrogens with zero attached hydrogens (tertiary/aromatic N) is 1. The van der Waals surface area contributed by atoms with Crippen LogP contribution >= 0.6 is 11.3 Å². The fourth-order valence-electron chi connectivity index (χ4n) is 1.69. The minimum atomic E-state index is -0.290. The second kappa shape index (κ2) is 5.89. The van der Waals surface area contributed by atoms with Gasteiger partial charge in [-0.05, 0) is 30.0 Å². The first-order valence-electron chi connectivity index (χ1n) is 5.67. The molecular formula is C13H15FN2S. The molecule has 0 aliphatic rings. The average molecular weight is 250 g/mol. The molecule has 0 amide bonds. The summed E-state index contributed by atoms with van der Waals surface area (Å²) in [7, 11) is 0. The quantitative estimate of drug-likeness (QED) is 0.878. The van der Waals surface area contributed by atoms with E-state index in [9.17, 15) is 4.39 Å². The van der Waals surface area contributed by atoms with Crippen LogP contribution in [0.25, 0.3) is 0 Å². The summed E-state index contributed by atoms with van der Waals surface area (Å²) in [4.78, 5) is 5.41. The summed E-state index contributed by atoms with van der Waals surface area (Å²) in [5, 5.41) is 5.50. The third-order valence-electron chi connectivity index (χ3n) is 2.62. The van der Waals surface area contributed by atoms with Gasteiger partial charge in [0.25, 0.3) is 0 Å². The summed E-state index contributed by atoms with van der Waals surface area (Å²) >= 11 is 1.73. The van der Waals surface area contributed by atoms with E-state index < -0.39 is 0 Å². The average Bonchev–Trinajstić information content (AvgIpc) is 2.85. The molecule has 0 bridgehead atoms. The van der Waals surface area contributed by atoms with Crippen LogP contribution in [0.1, 0.15) is 30.0 Å². The van der Waals surface area contributed by atoms with E-state index in [4.69, 9.17) is 0 Å². The number of halogens is 1. The molecule has 17 heavy (non-hydrogen) atoms. The molecule has 0 radical (unpaired) electrons. The first kappa shape index (κ1) is 12.2. The lowest BCUT2D eigenvalue weighted by Crippen LogP contribution is -2.20. The maximum absolute atomic E-state index is 12.8. The van der Waals surface area contributed by atoms with Crippen molar-refractivity contribution in [2.45, 2.75) is 25.9 Å². The van der Waals surface area contributed by atoms with E-state index in [1.165, 1.54) is 17.1 Å². The van der Waals surface area contributed by atoms with Crippen LogP contribution in [0, 0.1) is 5.82 Å². The molecule has 0 saturated heterocycles. The Morgan fingerprint density at radius 1 is 1.41 bits per heavy atom. The van der Waals surface area contributed by atoms with E-state index in [1.54, 1.807) is 17.4 Å². The van der Waals surface area contributed by atoms with Crippen molar-refractivity contribution in [3.05, 3.63) is 52.2 Å². The van der Waals surface area contributed by atoms with Crippen molar-refractivity contribution < 1.29 is 4.39 Å². The van der Waals surface area contributed by atoms with Crippen LogP contribution in [0.2, 0.25) is 0 Å². The van der Waals surface area contributed by atoms with E-state index >= 15 is 0 Å². The molecule has 2 aromatic heterocycles. The molecule has 0 saturated carbocycles. The Labute approximate surface area is 105 Å². The third-order valence-corrected chi connectivity index (χ3v) is 3.49. The molecular weight excluding hydrogens is 235 g/mol. The van der Waals surface area contributed by atoms with Crippen LogP contribution in [0.15, 0.2) is 35.8 Å². The van der Waals surface area contributed by atoms with Crippen LogP contribution in [-0.2, 0) is 6.54 Å². The number of hydrogen-bond acceptors (Lipinski definition) is 3. The lowest BCUT2D eigenvalue weighted by molar-refractivity contribution is 0.506. The SMILES string of the molecule is CCC(NCc1cccs1)c1ccc(F)cn1. The standard InChI is InChI=1S/C13H15FN2S/c1-2-12(13-6-5-10(14)8-15-13)16-9-11-4-3-7-17-11/h3-8,12,16H,2,9H2,1H3. The lowest BCUT2D eigenvalue weighted by atomic mass is 10.1. The second-order valence-electron chi connectivity index (χ2n) is 3.82. The molecule has 2 rings (SSSR count). The molecule has 2 nitrogen and oxygen atoms in total. The van der Waals surface area contributed by atoms with Gasteiger partial charge in [0.15, 0.2) is 0 Å². The highest BCUT2D eigenvalue weighted by atomic mass is 32.1. The van der Waals surface area contributed by atoms with Crippen molar-refractivity contribution in [1.29, 1.82) is 0 Å². The Morgan fingerprint density at radius 3 is 2.88 bits per heavy atom. The van der Waals surface area contributed by atoms with Gasteiger partial charge < -0.3 is 5.32 Å². The van der Waals surface area contributed by atoms with Crippen molar-refractivity contribution in [1.82, 2.24) is 10.3 Å². The van der Waals surface area contributed by atoms with Crippen molar-refractivity contribution in [3.8, 4) is 0 Å². The van der Waals surface area contributed by atoms with Gasteiger partial charge >= 0.3 is 0 Å². The molecule has 1 unspecified atom stereocenters. The molecule has 0 aliphatic heterocycles. The fraction of sp³-hybridized carbons (Fsp3) is 0.308. The first-order chi connectivity index (χ1) is 8.29. The minimum absolute atomic E-state index is 0.178. The number of thiophene rings is 1. The van der Waals surface area contributed by atoms with Crippen LogP contribution in [0.4, 0.5) is 4.39 Å². The number of nitrogens with one attached hydrogen (secondary N) is 1. The van der Waals surface area contributed by atoms with Gasteiger partial charge in [-0.3, -0.25) is 4.98 Å². The molecule has 2 aromatic rings. The summed E-state index contributed by atoms with van der Waals surface area (Å²) in [6.45, 7) is 2.92. The third kappa shape index (κ3) is 3.35. The van der Waals surface area contributed by atoms with Crippen molar-refractivity contribution in [2.75, 3.05) is 0 Å². The van der Waals surface area contributed by atoms with Crippen LogP contribution in [0.3, 0.4) is 0 Å². The molecule has 2 heterocycles. The van der Waals surface area contributed by atoms with Gasteiger partial charge in [0.05, 0.1) is 11.9 Å². The number of pyridine rings is 1. The summed E-state index contributed by atoms with van der Waals surface area (Å²) in [6, 6.07) is 7.52. The van der Waals surface area contributed by atoms with Crippen molar-refractivity contribution in [3.63, 3.8) is 0 Å². The normalized spacial score (nSPS) is 12.6. The van der Waals surface area contributed by atoms with Gasteiger partial charge in [-0.25, -0.2) is 4.39 Å². The number of aromatic nitrogens is 1. The van der Waals surface area contributed by atoms with E-state index in [1.807, 2.05) is 6.07 Å². The van der Waals surface area contributed by atoms with Gasteiger partial charge in [-0.15, -0.1) is 11.3 Å². The van der Waals surface area contributed by atoms with Crippen LogP contribution < -0.4 is 5.32 Å². The number of hydrogen-bond donors (Lipinski definition) is 1. The van der Waals surface area contributed by atoms with Crippen molar-refractivity contribution >= 4 is 11.3 Å². The Balaban J connectivity index is 1.99. The highest BCUT2D eigenvalue weighted by molar-refractivity contribution is 7.09. The van der Waals surface area contributed by atoms with E-state index in [0.29, 0.717) is 0 Å². The zero-order chi connectivity index (χ0) is 12.1. The minimum Gasteiger partial charge on any atom is -0.304 e. The lowest BCUT2D eigenvalue weighted by Gasteiger charge is -2.15. The second-order valence-corrected chi connectivity index (χ2v) is 4.85. The largest absolute Gasteiger partial charge is 0.304 e. The van der Waals surface area contributed by atoms with Gasteiger partial charge in [-0.1, -0.05) is 13.0 Å². The van der Waals surface area contributed by atoms with E-state index in [-0.39, 0.29) is 11.9 Å². The maximum Gasteiger partial charge on any atom is 0.141 e. The molecule has 1 N–H and O–H groups in total. The summed E-state index contributed by atoms with van der Waals surface area (Å²) in [5.41, 5.74) is 0.894. The van der Waals surface area contributed by atoms with Gasteiger partial charge in [0, 0.05) is 17.5 Å². The predicted molar refractivity (Wildman–Crippen MR) is 68.4 cm³/mol. The zero-order valence-corrected chi connectivity index (χ0v) is 10.5. The topological polar surface area (TPSA) is 24.9 Å². The Morgan fingerprint density at radius 2 is 2.29 bits per heavy atom. The molecule has 0 spiro atoms. The van der Waals surface area contributed by atoms with Gasteiger partial charge in [0.2, 0.25) is 0 Å². The molecule has 1 atom stereocenters.